The van der Waals surface area contributed by atoms with Gasteiger partial charge >= 0.3 is 0 Å². The Morgan fingerprint density at radius 2 is 2.17 bits per heavy atom. The monoisotopic (exact) mass is 254 g/mol. The Morgan fingerprint density at radius 3 is 2.83 bits per heavy atom. The molecule has 1 aliphatic carbocycles. The van der Waals surface area contributed by atoms with Crippen LogP contribution in [-0.4, -0.2) is 38.4 Å². The van der Waals surface area contributed by atoms with Gasteiger partial charge in [-0.3, -0.25) is 0 Å². The second-order valence-electron chi connectivity index (χ2n) is 6.01. The van der Waals surface area contributed by atoms with Gasteiger partial charge in [0.1, 0.15) is 0 Å². The van der Waals surface area contributed by atoms with E-state index in [1.165, 1.54) is 51.5 Å². The molecule has 18 heavy (non-hydrogen) atoms. The highest BCUT2D eigenvalue weighted by Gasteiger charge is 2.35. The first kappa shape index (κ1) is 14.3. The predicted octanol–water partition coefficient (Wildman–Crippen LogP) is 2.31. The molecule has 0 aromatic rings. The average Bonchev–Trinajstić information content (AvgIpc) is 2.99. The van der Waals surface area contributed by atoms with Gasteiger partial charge in [0, 0.05) is 25.2 Å². The third-order valence-corrected chi connectivity index (χ3v) is 4.64. The summed E-state index contributed by atoms with van der Waals surface area (Å²) >= 11 is 0. The first-order chi connectivity index (χ1) is 8.85. The average molecular weight is 254 g/mol. The Kier molecular flexibility index (Phi) is 5.93. The maximum Gasteiger partial charge on any atom is 0.0615 e. The molecule has 2 aliphatic rings. The van der Waals surface area contributed by atoms with Crippen molar-refractivity contribution in [2.24, 2.45) is 5.92 Å². The molecule has 2 N–H and O–H groups in total. The second kappa shape index (κ2) is 7.46. The van der Waals surface area contributed by atoms with E-state index in [1.54, 1.807) is 0 Å². The highest BCUT2D eigenvalue weighted by Crippen LogP contribution is 2.32. The molecule has 0 spiro atoms. The zero-order valence-corrected chi connectivity index (χ0v) is 12.1. The molecule has 3 nitrogen and oxygen atoms in total. The third-order valence-electron chi connectivity index (χ3n) is 4.64. The zero-order chi connectivity index (χ0) is 12.8. The highest BCUT2D eigenvalue weighted by molar-refractivity contribution is 4.94. The standard InChI is InChI=1S/C15H30N2O/c1-3-6-12(11-18-2)17-15-8-4-7-13(15)14-9-5-10-16-14/h12-17H,3-11H2,1-2H3. The van der Waals surface area contributed by atoms with Gasteiger partial charge in [0.15, 0.2) is 0 Å². The second-order valence-corrected chi connectivity index (χ2v) is 6.01. The highest BCUT2D eigenvalue weighted by atomic mass is 16.5. The minimum Gasteiger partial charge on any atom is -0.383 e. The summed E-state index contributed by atoms with van der Waals surface area (Å²) < 4.78 is 5.35. The van der Waals surface area contributed by atoms with E-state index in [1.807, 2.05) is 7.11 Å². The molecule has 2 fully saturated rings. The van der Waals surface area contributed by atoms with Gasteiger partial charge in [-0.15, -0.1) is 0 Å². The smallest absolute Gasteiger partial charge is 0.0615 e. The molecule has 3 heteroatoms. The van der Waals surface area contributed by atoms with E-state index in [0.29, 0.717) is 12.1 Å². The lowest BCUT2D eigenvalue weighted by Crippen LogP contribution is -2.47. The Morgan fingerprint density at radius 1 is 1.28 bits per heavy atom. The van der Waals surface area contributed by atoms with Gasteiger partial charge in [0.2, 0.25) is 0 Å². The SMILES string of the molecule is CCCC(COC)NC1CCCC1C1CCCN1. The van der Waals surface area contributed by atoms with Crippen LogP contribution in [0.1, 0.15) is 51.9 Å². The van der Waals surface area contributed by atoms with Crippen LogP contribution < -0.4 is 10.6 Å². The Hall–Kier alpha value is -0.120. The molecule has 1 saturated carbocycles. The summed E-state index contributed by atoms with van der Waals surface area (Å²) in [4.78, 5) is 0. The van der Waals surface area contributed by atoms with E-state index >= 15 is 0 Å². The van der Waals surface area contributed by atoms with Gasteiger partial charge in [-0.25, -0.2) is 0 Å². The van der Waals surface area contributed by atoms with Gasteiger partial charge in [-0.1, -0.05) is 19.8 Å². The molecule has 0 aromatic heterocycles. The van der Waals surface area contributed by atoms with Crippen LogP contribution in [0.3, 0.4) is 0 Å². The molecule has 0 amide bonds. The van der Waals surface area contributed by atoms with E-state index in [9.17, 15) is 0 Å². The molecule has 4 unspecified atom stereocenters. The fraction of sp³-hybridized carbons (Fsp3) is 1.00. The molecule has 0 aromatic carbocycles. The Labute approximate surface area is 112 Å². The maximum absolute atomic E-state index is 5.35. The van der Waals surface area contributed by atoms with Crippen molar-refractivity contribution >= 4 is 0 Å². The topological polar surface area (TPSA) is 33.3 Å². The van der Waals surface area contributed by atoms with E-state index in [-0.39, 0.29) is 0 Å². The van der Waals surface area contributed by atoms with Crippen molar-refractivity contribution in [1.29, 1.82) is 0 Å². The summed E-state index contributed by atoms with van der Waals surface area (Å²) in [7, 11) is 1.81. The summed E-state index contributed by atoms with van der Waals surface area (Å²) in [6, 6.07) is 2.04. The zero-order valence-electron chi connectivity index (χ0n) is 12.1. The maximum atomic E-state index is 5.35. The molecular weight excluding hydrogens is 224 g/mol. The molecule has 0 bridgehead atoms. The fourth-order valence-corrected chi connectivity index (χ4v) is 3.82. The van der Waals surface area contributed by atoms with Crippen LogP contribution in [0.5, 0.6) is 0 Å². The van der Waals surface area contributed by atoms with Crippen LogP contribution in [0, 0.1) is 5.92 Å². The quantitative estimate of drug-likeness (QED) is 0.731. The van der Waals surface area contributed by atoms with Crippen LogP contribution >= 0.6 is 0 Å². The number of methoxy groups -OCH3 is 1. The van der Waals surface area contributed by atoms with E-state index < -0.39 is 0 Å². The van der Waals surface area contributed by atoms with Crippen LogP contribution in [0.15, 0.2) is 0 Å². The lowest BCUT2D eigenvalue weighted by Gasteiger charge is -2.30. The summed E-state index contributed by atoms with van der Waals surface area (Å²) in [5.74, 6) is 0.851. The number of ether oxygens (including phenoxy) is 1. The lowest BCUT2D eigenvalue weighted by molar-refractivity contribution is 0.148. The third kappa shape index (κ3) is 3.69. The normalized spacial score (nSPS) is 34.0. The van der Waals surface area contributed by atoms with Gasteiger partial charge in [-0.2, -0.15) is 0 Å². The van der Waals surface area contributed by atoms with Gasteiger partial charge in [0.25, 0.3) is 0 Å². The van der Waals surface area contributed by atoms with Crippen molar-refractivity contribution in [3.8, 4) is 0 Å². The van der Waals surface area contributed by atoms with E-state index in [2.05, 4.69) is 17.6 Å². The molecule has 2 rings (SSSR count). The molecule has 4 atom stereocenters. The van der Waals surface area contributed by atoms with Crippen molar-refractivity contribution in [2.75, 3.05) is 20.3 Å². The van der Waals surface area contributed by atoms with Crippen molar-refractivity contribution in [3.63, 3.8) is 0 Å². The lowest BCUT2D eigenvalue weighted by atomic mass is 9.92. The van der Waals surface area contributed by atoms with Gasteiger partial charge in [0.05, 0.1) is 6.61 Å². The van der Waals surface area contributed by atoms with Crippen molar-refractivity contribution in [3.05, 3.63) is 0 Å². The Bertz CT molecular complexity index is 223. The van der Waals surface area contributed by atoms with Crippen molar-refractivity contribution in [1.82, 2.24) is 10.6 Å². The first-order valence-electron chi connectivity index (χ1n) is 7.83. The number of rotatable bonds is 7. The van der Waals surface area contributed by atoms with Crippen LogP contribution in [0.25, 0.3) is 0 Å². The predicted molar refractivity (Wildman–Crippen MR) is 75.9 cm³/mol. The van der Waals surface area contributed by atoms with Gasteiger partial charge < -0.3 is 15.4 Å². The van der Waals surface area contributed by atoms with E-state index in [0.717, 1.165) is 18.6 Å². The van der Waals surface area contributed by atoms with Crippen molar-refractivity contribution < 1.29 is 4.74 Å². The minimum atomic E-state index is 0.548. The molecule has 106 valence electrons. The number of hydrogen-bond donors (Lipinski definition) is 2. The molecule has 1 heterocycles. The number of nitrogens with one attached hydrogen (secondary N) is 2. The summed E-state index contributed by atoms with van der Waals surface area (Å²) in [5, 5.41) is 7.57. The minimum absolute atomic E-state index is 0.548. The summed E-state index contributed by atoms with van der Waals surface area (Å²) in [6.45, 7) is 4.34. The largest absolute Gasteiger partial charge is 0.383 e. The number of hydrogen-bond acceptors (Lipinski definition) is 3. The first-order valence-corrected chi connectivity index (χ1v) is 7.83. The van der Waals surface area contributed by atoms with Crippen LogP contribution in [0.4, 0.5) is 0 Å². The fourth-order valence-electron chi connectivity index (χ4n) is 3.82. The molecule has 1 aliphatic heterocycles. The molecule has 1 saturated heterocycles. The molecular formula is C15H30N2O. The van der Waals surface area contributed by atoms with Crippen molar-refractivity contribution in [2.45, 2.75) is 70.0 Å². The molecule has 0 radical (unpaired) electrons. The van der Waals surface area contributed by atoms with Gasteiger partial charge in [-0.05, 0) is 44.6 Å². The van der Waals surface area contributed by atoms with E-state index in [4.69, 9.17) is 4.74 Å². The Balaban J connectivity index is 1.85. The summed E-state index contributed by atoms with van der Waals surface area (Å²) in [6.07, 6.45) is 9.37. The van der Waals surface area contributed by atoms with Crippen LogP contribution in [-0.2, 0) is 4.74 Å². The van der Waals surface area contributed by atoms with Crippen LogP contribution in [0.2, 0.25) is 0 Å². The summed E-state index contributed by atoms with van der Waals surface area (Å²) in [5.41, 5.74) is 0.